The van der Waals surface area contributed by atoms with Crippen LogP contribution in [0.5, 0.6) is 0 Å². The summed E-state index contributed by atoms with van der Waals surface area (Å²) in [6.45, 7) is 1.73. The lowest BCUT2D eigenvalue weighted by Crippen LogP contribution is -2.44. The second kappa shape index (κ2) is 11.8. The Bertz CT molecular complexity index is 1460. The summed E-state index contributed by atoms with van der Waals surface area (Å²) in [6.07, 6.45) is 5.69. The summed E-state index contributed by atoms with van der Waals surface area (Å²) in [7, 11) is 0. The molecule has 38 heavy (non-hydrogen) atoms. The van der Waals surface area contributed by atoms with E-state index in [1.165, 1.54) is 28.2 Å². The van der Waals surface area contributed by atoms with Crippen molar-refractivity contribution in [2.75, 3.05) is 11.9 Å². The third-order valence-corrected chi connectivity index (χ3v) is 6.51. The number of hydrogen-bond donors (Lipinski definition) is 3. The topological polar surface area (TPSA) is 114 Å². The van der Waals surface area contributed by atoms with Gasteiger partial charge in [0.25, 0.3) is 0 Å². The van der Waals surface area contributed by atoms with Crippen molar-refractivity contribution in [2.45, 2.75) is 25.4 Å². The molecular weight excluding hydrogens is 502 g/mol. The number of tetrazole rings is 1. The van der Waals surface area contributed by atoms with E-state index in [2.05, 4.69) is 31.5 Å². The summed E-state index contributed by atoms with van der Waals surface area (Å²) in [5.41, 5.74) is 5.40. The van der Waals surface area contributed by atoms with Gasteiger partial charge in [0.05, 0.1) is 5.69 Å². The van der Waals surface area contributed by atoms with Crippen molar-refractivity contribution in [3.8, 4) is 5.69 Å². The number of benzene rings is 3. The molecule has 5 rings (SSSR count). The Morgan fingerprint density at radius 3 is 2.76 bits per heavy atom. The first-order valence-corrected chi connectivity index (χ1v) is 12.6. The molecule has 0 fully saturated rings. The molecule has 0 bridgehead atoms. The van der Waals surface area contributed by atoms with Crippen molar-refractivity contribution in [2.24, 2.45) is 0 Å². The molecule has 0 saturated carbocycles. The van der Waals surface area contributed by atoms with Gasteiger partial charge in [0.2, 0.25) is 11.8 Å². The number of nitrogens with zero attached hydrogens (tertiary/aromatic N) is 4. The molecule has 0 saturated heterocycles. The molecule has 2 heterocycles. The number of nitrogens with one attached hydrogen (secondary N) is 3. The van der Waals surface area contributed by atoms with E-state index in [4.69, 9.17) is 11.6 Å². The number of rotatable bonds is 8. The summed E-state index contributed by atoms with van der Waals surface area (Å²) in [6, 6.07) is 19.9. The van der Waals surface area contributed by atoms with Gasteiger partial charge in [-0.2, -0.15) is 4.68 Å². The van der Waals surface area contributed by atoms with Crippen LogP contribution in [0.3, 0.4) is 0 Å². The van der Waals surface area contributed by atoms with E-state index in [0.717, 1.165) is 25.1 Å². The molecule has 1 aliphatic rings. The maximum Gasteiger partial charge on any atom is 0.247 e. The van der Waals surface area contributed by atoms with Gasteiger partial charge in [-0.15, -0.1) is 5.10 Å². The Morgan fingerprint density at radius 1 is 1.08 bits per heavy atom. The van der Waals surface area contributed by atoms with Gasteiger partial charge < -0.3 is 16.0 Å². The molecular formula is C28H26ClN7O2. The Hall–Kier alpha value is -4.34. The lowest BCUT2D eigenvalue weighted by atomic mass is 10.00. The number of aromatic nitrogens is 4. The van der Waals surface area contributed by atoms with Crippen molar-refractivity contribution < 1.29 is 9.59 Å². The third-order valence-electron chi connectivity index (χ3n) is 6.28. The van der Waals surface area contributed by atoms with Gasteiger partial charge in [-0.05, 0) is 76.5 Å². The zero-order chi connectivity index (χ0) is 26.3. The molecule has 0 unspecified atom stereocenters. The van der Waals surface area contributed by atoms with E-state index in [9.17, 15) is 9.59 Å². The molecule has 0 spiro atoms. The van der Waals surface area contributed by atoms with Gasteiger partial charge in [0, 0.05) is 35.3 Å². The molecule has 1 aromatic heterocycles. The number of carbonyl (C=O) groups is 2. The minimum absolute atomic E-state index is 0.290. The predicted octanol–water partition coefficient (Wildman–Crippen LogP) is 3.34. The van der Waals surface area contributed by atoms with Crippen LogP contribution in [0, 0.1) is 0 Å². The van der Waals surface area contributed by atoms with E-state index in [1.54, 1.807) is 24.3 Å². The SMILES string of the molecule is O=C(C=Cc1cc(Cl)ccc1-n1cnnn1)N[C@@H](Cc1ccccc1)C(=O)Nc1ccc2c(c1)CCNC2. The first-order valence-electron chi connectivity index (χ1n) is 12.2. The molecule has 1 aliphatic heterocycles. The van der Waals surface area contributed by atoms with Crippen LogP contribution in [-0.2, 0) is 29.0 Å². The summed E-state index contributed by atoms with van der Waals surface area (Å²) in [5.74, 6) is -0.707. The zero-order valence-electron chi connectivity index (χ0n) is 20.5. The minimum atomic E-state index is -0.786. The largest absolute Gasteiger partial charge is 0.340 e. The van der Waals surface area contributed by atoms with E-state index in [0.29, 0.717) is 28.4 Å². The number of halogens is 1. The Balaban J connectivity index is 1.33. The van der Waals surface area contributed by atoms with Crippen LogP contribution < -0.4 is 16.0 Å². The molecule has 192 valence electrons. The van der Waals surface area contributed by atoms with E-state index in [-0.39, 0.29) is 5.91 Å². The summed E-state index contributed by atoms with van der Waals surface area (Å²) in [4.78, 5) is 26.3. The Labute approximate surface area is 224 Å². The van der Waals surface area contributed by atoms with E-state index in [1.807, 2.05) is 48.5 Å². The summed E-state index contributed by atoms with van der Waals surface area (Å²) < 4.78 is 1.48. The lowest BCUT2D eigenvalue weighted by Gasteiger charge is -2.20. The highest BCUT2D eigenvalue weighted by atomic mass is 35.5. The first kappa shape index (κ1) is 25.3. The van der Waals surface area contributed by atoms with Crippen molar-refractivity contribution in [3.63, 3.8) is 0 Å². The molecule has 1 atom stereocenters. The average molecular weight is 528 g/mol. The van der Waals surface area contributed by atoms with Crippen molar-refractivity contribution >= 4 is 35.2 Å². The molecule has 0 aliphatic carbocycles. The van der Waals surface area contributed by atoms with Gasteiger partial charge in [-0.25, -0.2) is 0 Å². The zero-order valence-corrected chi connectivity index (χ0v) is 21.2. The monoisotopic (exact) mass is 527 g/mol. The van der Waals surface area contributed by atoms with Gasteiger partial charge >= 0.3 is 0 Å². The van der Waals surface area contributed by atoms with Crippen LogP contribution >= 0.6 is 11.6 Å². The van der Waals surface area contributed by atoms with Gasteiger partial charge in [-0.1, -0.05) is 48.0 Å². The highest BCUT2D eigenvalue weighted by Gasteiger charge is 2.21. The average Bonchev–Trinajstić information content (AvgIpc) is 3.47. The molecule has 3 N–H and O–H groups in total. The smallest absolute Gasteiger partial charge is 0.247 e. The van der Waals surface area contributed by atoms with Gasteiger partial charge in [0.15, 0.2) is 0 Å². The fourth-order valence-corrected chi connectivity index (χ4v) is 4.55. The van der Waals surface area contributed by atoms with E-state index >= 15 is 0 Å². The van der Waals surface area contributed by atoms with Crippen LogP contribution in [0.4, 0.5) is 5.69 Å². The van der Waals surface area contributed by atoms with Gasteiger partial charge in [-0.3, -0.25) is 9.59 Å². The number of anilines is 1. The lowest BCUT2D eigenvalue weighted by molar-refractivity contribution is -0.123. The Morgan fingerprint density at radius 2 is 1.95 bits per heavy atom. The number of hydrogen-bond acceptors (Lipinski definition) is 6. The third kappa shape index (κ3) is 6.31. The van der Waals surface area contributed by atoms with Crippen LogP contribution in [0.1, 0.15) is 22.3 Å². The molecule has 0 radical (unpaired) electrons. The molecule has 2 amide bonds. The quantitative estimate of drug-likeness (QED) is 0.303. The molecule has 4 aromatic rings. The molecule has 3 aromatic carbocycles. The molecule has 10 heteroatoms. The second-order valence-electron chi connectivity index (χ2n) is 8.94. The highest BCUT2D eigenvalue weighted by Crippen LogP contribution is 2.21. The van der Waals surface area contributed by atoms with Crippen molar-refractivity contribution in [1.82, 2.24) is 30.8 Å². The van der Waals surface area contributed by atoms with Crippen LogP contribution in [0.25, 0.3) is 11.8 Å². The van der Waals surface area contributed by atoms with Gasteiger partial charge in [0.1, 0.15) is 12.4 Å². The minimum Gasteiger partial charge on any atom is -0.340 e. The highest BCUT2D eigenvalue weighted by molar-refractivity contribution is 6.30. The maximum absolute atomic E-state index is 13.3. The fourth-order valence-electron chi connectivity index (χ4n) is 4.37. The van der Waals surface area contributed by atoms with Crippen LogP contribution in [-0.4, -0.2) is 44.6 Å². The normalized spacial score (nSPS) is 13.6. The summed E-state index contributed by atoms with van der Waals surface area (Å²) >= 11 is 6.18. The van der Waals surface area contributed by atoms with E-state index < -0.39 is 11.9 Å². The molecule has 9 nitrogen and oxygen atoms in total. The number of fused-ring (bicyclic) bond motifs is 1. The fraction of sp³-hybridized carbons (Fsp3) is 0.179. The summed E-state index contributed by atoms with van der Waals surface area (Å²) in [5, 5.41) is 20.9. The number of carbonyl (C=O) groups excluding carboxylic acids is 2. The standard InChI is InChI=1S/C28H26ClN7O2/c29-23-8-10-26(36-18-31-34-35-36)21(15-23)7-11-27(37)33-25(14-19-4-2-1-3-5-19)28(38)32-24-9-6-22-17-30-13-12-20(22)16-24/h1-11,15-16,18,25,30H,12-14,17H2,(H,32,38)(H,33,37)/t25-/m0/s1. The Kier molecular flexibility index (Phi) is 7.86. The van der Waals surface area contributed by atoms with Crippen molar-refractivity contribution in [1.29, 1.82) is 0 Å². The first-order chi connectivity index (χ1) is 18.5. The van der Waals surface area contributed by atoms with Crippen LogP contribution in [0.15, 0.2) is 79.1 Å². The second-order valence-corrected chi connectivity index (χ2v) is 9.38. The van der Waals surface area contributed by atoms with Crippen molar-refractivity contribution in [3.05, 3.63) is 106 Å². The maximum atomic E-state index is 13.3. The number of amides is 2. The predicted molar refractivity (Wildman–Crippen MR) is 146 cm³/mol. The van der Waals surface area contributed by atoms with Crippen LogP contribution in [0.2, 0.25) is 5.02 Å².